The summed E-state index contributed by atoms with van der Waals surface area (Å²) >= 11 is 5.93. The highest BCUT2D eigenvalue weighted by Crippen LogP contribution is 2.29. The number of ether oxygens (including phenoxy) is 1. The van der Waals surface area contributed by atoms with Gasteiger partial charge in [-0.3, -0.25) is 9.48 Å². The summed E-state index contributed by atoms with van der Waals surface area (Å²) in [6.45, 7) is 4.73. The molecule has 23 heavy (non-hydrogen) atoms. The Bertz CT molecular complexity index is 696. The van der Waals surface area contributed by atoms with E-state index in [-0.39, 0.29) is 24.6 Å². The predicted molar refractivity (Wildman–Crippen MR) is 88.4 cm³/mol. The molecule has 1 amide bonds. The van der Waals surface area contributed by atoms with Gasteiger partial charge in [0.25, 0.3) is 0 Å². The molecule has 1 aromatic heterocycles. The summed E-state index contributed by atoms with van der Waals surface area (Å²) in [4.78, 5) is 12.3. The normalized spacial score (nSPS) is 20.7. The van der Waals surface area contributed by atoms with Crippen LogP contribution in [0.25, 0.3) is 0 Å². The van der Waals surface area contributed by atoms with Crippen LogP contribution in [0.3, 0.4) is 0 Å². The highest BCUT2D eigenvalue weighted by Gasteiger charge is 2.30. The van der Waals surface area contributed by atoms with Crippen molar-refractivity contribution in [3.05, 3.63) is 52.3 Å². The maximum Gasteiger partial charge on any atom is 0.242 e. The molecule has 5 nitrogen and oxygen atoms in total. The molecule has 0 spiro atoms. The van der Waals surface area contributed by atoms with Crippen LogP contribution in [0, 0.1) is 13.8 Å². The van der Waals surface area contributed by atoms with Gasteiger partial charge in [-0.05, 0) is 44.0 Å². The number of carbonyl (C=O) groups is 1. The van der Waals surface area contributed by atoms with Crippen LogP contribution in [0.1, 0.15) is 29.5 Å². The molecule has 0 radical (unpaired) electrons. The minimum absolute atomic E-state index is 0.0272. The third kappa shape index (κ3) is 3.74. The molecule has 1 saturated heterocycles. The summed E-state index contributed by atoms with van der Waals surface area (Å²) in [6, 6.07) is 9.50. The van der Waals surface area contributed by atoms with Gasteiger partial charge in [0.1, 0.15) is 12.6 Å². The lowest BCUT2D eigenvalue weighted by Crippen LogP contribution is -2.39. The number of hydrogen-bond donors (Lipinski definition) is 1. The van der Waals surface area contributed by atoms with E-state index in [9.17, 15) is 4.79 Å². The molecule has 1 fully saturated rings. The Morgan fingerprint density at radius 2 is 2.13 bits per heavy atom. The van der Waals surface area contributed by atoms with Crippen molar-refractivity contribution >= 4 is 17.5 Å². The fourth-order valence-electron chi connectivity index (χ4n) is 2.94. The fourth-order valence-corrected chi connectivity index (χ4v) is 3.07. The second-order valence-corrected chi connectivity index (χ2v) is 6.33. The Kier molecular flexibility index (Phi) is 4.68. The lowest BCUT2D eigenvalue weighted by Gasteiger charge is -2.20. The van der Waals surface area contributed by atoms with Gasteiger partial charge in [0, 0.05) is 17.3 Å². The molecule has 0 saturated carbocycles. The number of amides is 1. The molecule has 2 aromatic rings. The minimum Gasteiger partial charge on any atom is -0.371 e. The molecule has 122 valence electrons. The van der Waals surface area contributed by atoms with Gasteiger partial charge in [0.2, 0.25) is 5.91 Å². The van der Waals surface area contributed by atoms with Crippen molar-refractivity contribution in [2.75, 3.05) is 6.61 Å². The predicted octanol–water partition coefficient (Wildman–Crippen LogP) is 2.80. The Morgan fingerprint density at radius 1 is 1.39 bits per heavy atom. The van der Waals surface area contributed by atoms with Gasteiger partial charge in [-0.2, -0.15) is 5.10 Å². The van der Waals surface area contributed by atoms with E-state index in [4.69, 9.17) is 16.3 Å². The maximum atomic E-state index is 12.3. The van der Waals surface area contributed by atoms with Gasteiger partial charge in [-0.15, -0.1) is 0 Å². The zero-order valence-electron chi connectivity index (χ0n) is 13.3. The first-order chi connectivity index (χ1) is 11.0. The lowest BCUT2D eigenvalue weighted by atomic mass is 10.0. The molecule has 3 rings (SSSR count). The first-order valence-electron chi connectivity index (χ1n) is 7.70. The van der Waals surface area contributed by atoms with Gasteiger partial charge < -0.3 is 10.1 Å². The molecule has 1 aliphatic rings. The smallest absolute Gasteiger partial charge is 0.242 e. The number of halogens is 1. The molecular formula is C17H20ClN3O2. The van der Waals surface area contributed by atoms with Crippen LogP contribution in [0.15, 0.2) is 30.3 Å². The van der Waals surface area contributed by atoms with Gasteiger partial charge in [0.05, 0.1) is 11.7 Å². The third-order valence-corrected chi connectivity index (χ3v) is 4.29. The van der Waals surface area contributed by atoms with Crippen LogP contribution in [0.5, 0.6) is 0 Å². The van der Waals surface area contributed by atoms with Gasteiger partial charge in [-0.1, -0.05) is 23.7 Å². The molecule has 1 N–H and O–H groups in total. The molecule has 0 aliphatic carbocycles. The minimum atomic E-state index is -0.128. The Labute approximate surface area is 140 Å². The topological polar surface area (TPSA) is 56.2 Å². The van der Waals surface area contributed by atoms with Crippen molar-refractivity contribution in [1.29, 1.82) is 0 Å². The fraction of sp³-hybridized carbons (Fsp3) is 0.412. The molecule has 0 bridgehead atoms. The van der Waals surface area contributed by atoms with Crippen LogP contribution >= 0.6 is 11.6 Å². The second-order valence-electron chi connectivity index (χ2n) is 5.89. The molecule has 2 heterocycles. The summed E-state index contributed by atoms with van der Waals surface area (Å²) in [6.07, 6.45) is 0.674. The van der Waals surface area contributed by atoms with Crippen molar-refractivity contribution < 1.29 is 9.53 Å². The zero-order chi connectivity index (χ0) is 16.4. The number of carbonyl (C=O) groups excluding carboxylic acids is 1. The number of aryl methyl sites for hydroxylation is 2. The van der Waals surface area contributed by atoms with Crippen LogP contribution in [-0.2, 0) is 16.1 Å². The van der Waals surface area contributed by atoms with E-state index in [1.165, 1.54) is 0 Å². The van der Waals surface area contributed by atoms with Crippen LogP contribution < -0.4 is 5.32 Å². The molecule has 0 unspecified atom stereocenters. The summed E-state index contributed by atoms with van der Waals surface area (Å²) in [5.74, 6) is -0.0503. The van der Waals surface area contributed by atoms with E-state index in [0.29, 0.717) is 11.6 Å². The highest BCUT2D eigenvalue weighted by molar-refractivity contribution is 6.30. The molecule has 2 atom stereocenters. The lowest BCUT2D eigenvalue weighted by molar-refractivity contribution is -0.123. The third-order valence-electron chi connectivity index (χ3n) is 4.03. The monoisotopic (exact) mass is 333 g/mol. The summed E-state index contributed by atoms with van der Waals surface area (Å²) in [7, 11) is 0. The summed E-state index contributed by atoms with van der Waals surface area (Å²) in [5, 5.41) is 8.08. The van der Waals surface area contributed by atoms with Crippen molar-refractivity contribution in [1.82, 2.24) is 15.1 Å². The van der Waals surface area contributed by atoms with Crippen LogP contribution in [-0.4, -0.2) is 28.3 Å². The molecule has 1 aliphatic heterocycles. The van der Waals surface area contributed by atoms with E-state index >= 15 is 0 Å². The van der Waals surface area contributed by atoms with Crippen LogP contribution in [0.2, 0.25) is 5.02 Å². The number of rotatable bonds is 4. The Morgan fingerprint density at radius 3 is 2.78 bits per heavy atom. The number of aromatic nitrogens is 2. The Hall–Kier alpha value is -1.85. The number of nitrogens with zero attached hydrogens (tertiary/aromatic N) is 2. The van der Waals surface area contributed by atoms with E-state index in [0.717, 1.165) is 23.4 Å². The van der Waals surface area contributed by atoms with Gasteiger partial charge in [-0.25, -0.2) is 0 Å². The molecule has 6 heteroatoms. The zero-order valence-corrected chi connectivity index (χ0v) is 14.0. The maximum absolute atomic E-state index is 12.3. The highest BCUT2D eigenvalue weighted by atomic mass is 35.5. The first-order valence-corrected chi connectivity index (χ1v) is 8.08. The van der Waals surface area contributed by atoms with Crippen LogP contribution in [0.4, 0.5) is 0 Å². The average Bonchev–Trinajstić information content (AvgIpc) is 3.07. The summed E-state index contributed by atoms with van der Waals surface area (Å²) < 4.78 is 7.51. The molecule has 1 aromatic carbocycles. The standard InChI is InChI=1S/C17H20ClN3O2/c1-11-9-12(2)21(20-11)10-16(22)19-15-7-8-23-17(15)13-3-5-14(18)6-4-13/h3-6,9,15,17H,7-8,10H2,1-2H3,(H,19,22)/t15-,17-/m0/s1. The number of nitrogens with one attached hydrogen (secondary N) is 1. The first kappa shape index (κ1) is 16.0. The van der Waals surface area contributed by atoms with Gasteiger partial charge >= 0.3 is 0 Å². The van der Waals surface area contributed by atoms with E-state index in [1.807, 2.05) is 44.2 Å². The quantitative estimate of drug-likeness (QED) is 0.936. The van der Waals surface area contributed by atoms with Crippen molar-refractivity contribution in [3.8, 4) is 0 Å². The van der Waals surface area contributed by atoms with E-state index < -0.39 is 0 Å². The summed E-state index contributed by atoms with van der Waals surface area (Å²) in [5.41, 5.74) is 2.93. The largest absolute Gasteiger partial charge is 0.371 e. The Balaban J connectivity index is 1.65. The van der Waals surface area contributed by atoms with E-state index in [1.54, 1.807) is 4.68 Å². The van der Waals surface area contributed by atoms with Crippen molar-refractivity contribution in [2.24, 2.45) is 0 Å². The van der Waals surface area contributed by atoms with E-state index in [2.05, 4.69) is 10.4 Å². The van der Waals surface area contributed by atoms with Gasteiger partial charge in [0.15, 0.2) is 0 Å². The SMILES string of the molecule is Cc1cc(C)n(CC(=O)N[C@H]2CCO[C@H]2c2ccc(Cl)cc2)n1. The van der Waals surface area contributed by atoms with Crippen molar-refractivity contribution in [3.63, 3.8) is 0 Å². The number of benzene rings is 1. The second kappa shape index (κ2) is 6.72. The average molecular weight is 334 g/mol. The molecular weight excluding hydrogens is 314 g/mol. The van der Waals surface area contributed by atoms with Crippen molar-refractivity contribution in [2.45, 2.75) is 39.0 Å². The number of hydrogen-bond acceptors (Lipinski definition) is 3.